The minimum Gasteiger partial charge on any atom is -0.476 e. The van der Waals surface area contributed by atoms with E-state index in [1.165, 1.54) is 11.3 Å². The summed E-state index contributed by atoms with van der Waals surface area (Å²) in [4.78, 5) is 15.8. The molecule has 0 amide bonds. The van der Waals surface area contributed by atoms with E-state index in [2.05, 4.69) is 9.71 Å². The van der Waals surface area contributed by atoms with Crippen LogP contribution in [-0.4, -0.2) is 30.7 Å². The van der Waals surface area contributed by atoms with Crippen molar-refractivity contribution >= 4 is 27.3 Å². The number of carbonyl (C=O) groups is 1. The van der Waals surface area contributed by atoms with Gasteiger partial charge in [0.25, 0.3) is 0 Å². The minimum atomic E-state index is -3.27. The summed E-state index contributed by atoms with van der Waals surface area (Å²) in [5.41, 5.74) is 1.69. The molecule has 22 heavy (non-hydrogen) atoms. The zero-order chi connectivity index (χ0) is 16.5. The van der Waals surface area contributed by atoms with Gasteiger partial charge in [-0.15, -0.1) is 11.3 Å². The fourth-order valence-electron chi connectivity index (χ4n) is 2.02. The van der Waals surface area contributed by atoms with Gasteiger partial charge < -0.3 is 5.11 Å². The third kappa shape index (κ3) is 3.90. The Morgan fingerprint density at radius 3 is 2.36 bits per heavy atom. The van der Waals surface area contributed by atoms with Crippen molar-refractivity contribution in [3.8, 4) is 10.6 Å². The number of aryl methyl sites for hydroxylation is 1. The van der Waals surface area contributed by atoms with Crippen molar-refractivity contribution in [2.45, 2.75) is 19.9 Å². The summed E-state index contributed by atoms with van der Waals surface area (Å²) in [6.45, 7) is 3.48. The summed E-state index contributed by atoms with van der Waals surface area (Å²) >= 11 is 1.32. The average Bonchev–Trinajstić information content (AvgIpc) is 2.79. The summed E-state index contributed by atoms with van der Waals surface area (Å²) in [6, 6.07) is 6.88. The highest BCUT2D eigenvalue weighted by atomic mass is 32.2. The molecule has 1 aromatic heterocycles. The van der Waals surface area contributed by atoms with Crippen molar-refractivity contribution in [2.24, 2.45) is 0 Å². The molecule has 0 aliphatic rings. The summed E-state index contributed by atoms with van der Waals surface area (Å²) in [6.07, 6.45) is 1.11. The lowest BCUT2D eigenvalue weighted by Gasteiger charge is -2.12. The van der Waals surface area contributed by atoms with Crippen LogP contribution in [0.25, 0.3) is 10.6 Å². The molecule has 0 saturated heterocycles. The van der Waals surface area contributed by atoms with E-state index >= 15 is 0 Å². The number of benzene rings is 1. The van der Waals surface area contributed by atoms with Crippen LogP contribution in [0, 0.1) is 6.92 Å². The maximum absolute atomic E-state index is 11.2. The molecular weight excluding hydrogens is 324 g/mol. The van der Waals surface area contributed by atoms with Crippen LogP contribution in [0.4, 0.5) is 0 Å². The first kappa shape index (κ1) is 16.6. The normalized spacial score (nSPS) is 13.0. The topological polar surface area (TPSA) is 96.4 Å². The number of hydrogen-bond donors (Lipinski definition) is 2. The SMILES string of the molecule is Cc1sc(-c2ccc([C@H](C)NS(C)(=O)=O)cc2)nc1C(=O)O. The lowest BCUT2D eigenvalue weighted by atomic mass is 10.1. The van der Waals surface area contributed by atoms with Gasteiger partial charge in [-0.3, -0.25) is 0 Å². The molecule has 118 valence electrons. The molecule has 0 fully saturated rings. The van der Waals surface area contributed by atoms with Crippen LogP contribution in [-0.2, 0) is 10.0 Å². The number of hydrogen-bond acceptors (Lipinski definition) is 5. The number of rotatable bonds is 5. The third-order valence-corrected chi connectivity index (χ3v) is 4.85. The van der Waals surface area contributed by atoms with E-state index in [9.17, 15) is 13.2 Å². The second kappa shape index (κ2) is 6.15. The van der Waals surface area contributed by atoms with Crippen LogP contribution in [0.3, 0.4) is 0 Å². The van der Waals surface area contributed by atoms with E-state index in [0.717, 1.165) is 17.4 Å². The molecule has 6 nitrogen and oxygen atoms in total. The number of carboxylic acids is 1. The second-order valence-corrected chi connectivity index (χ2v) is 7.95. The van der Waals surface area contributed by atoms with Crippen molar-refractivity contribution in [2.75, 3.05) is 6.26 Å². The minimum absolute atomic E-state index is 0.0659. The molecule has 2 N–H and O–H groups in total. The molecule has 8 heteroatoms. The molecule has 0 spiro atoms. The first-order valence-corrected chi connectivity index (χ1v) is 9.16. The highest BCUT2D eigenvalue weighted by Crippen LogP contribution is 2.28. The Hall–Kier alpha value is -1.77. The van der Waals surface area contributed by atoms with E-state index in [1.54, 1.807) is 38.1 Å². The van der Waals surface area contributed by atoms with Crippen molar-refractivity contribution in [1.29, 1.82) is 0 Å². The Labute approximate surface area is 132 Å². The molecule has 0 unspecified atom stereocenters. The van der Waals surface area contributed by atoms with E-state index in [0.29, 0.717) is 9.88 Å². The quantitative estimate of drug-likeness (QED) is 0.871. The first-order chi connectivity index (χ1) is 10.2. The largest absolute Gasteiger partial charge is 0.476 e. The predicted octanol–water partition coefficient (Wildman–Crippen LogP) is 2.43. The van der Waals surface area contributed by atoms with Gasteiger partial charge in [0.1, 0.15) is 5.01 Å². The van der Waals surface area contributed by atoms with Crippen LogP contribution < -0.4 is 4.72 Å². The number of aromatic carboxylic acids is 1. The molecule has 0 saturated carbocycles. The molecule has 1 atom stereocenters. The number of aromatic nitrogens is 1. The third-order valence-electron chi connectivity index (χ3n) is 3.05. The maximum Gasteiger partial charge on any atom is 0.355 e. The molecule has 0 radical (unpaired) electrons. The zero-order valence-electron chi connectivity index (χ0n) is 12.3. The Morgan fingerprint density at radius 1 is 1.32 bits per heavy atom. The summed E-state index contributed by atoms with van der Waals surface area (Å²) in [5, 5.41) is 9.66. The molecule has 0 aliphatic carbocycles. The Balaban J connectivity index is 2.25. The van der Waals surface area contributed by atoms with Gasteiger partial charge in [0.2, 0.25) is 10.0 Å². The van der Waals surface area contributed by atoms with Crippen molar-refractivity contribution in [1.82, 2.24) is 9.71 Å². The van der Waals surface area contributed by atoms with Crippen LogP contribution in [0.2, 0.25) is 0 Å². The molecule has 0 bridgehead atoms. The molecule has 2 rings (SSSR count). The Morgan fingerprint density at radius 2 is 1.91 bits per heavy atom. The fourth-order valence-corrected chi connectivity index (χ4v) is 3.71. The van der Waals surface area contributed by atoms with Crippen molar-refractivity contribution in [3.05, 3.63) is 40.4 Å². The molecule has 1 aromatic carbocycles. The lowest BCUT2D eigenvalue weighted by molar-refractivity contribution is 0.0690. The Kier molecular flexibility index (Phi) is 4.64. The first-order valence-electron chi connectivity index (χ1n) is 6.45. The van der Waals surface area contributed by atoms with E-state index in [1.807, 2.05) is 0 Å². The van der Waals surface area contributed by atoms with Crippen LogP contribution in [0.1, 0.15) is 33.9 Å². The lowest BCUT2D eigenvalue weighted by Crippen LogP contribution is -2.25. The number of nitrogens with one attached hydrogen (secondary N) is 1. The van der Waals surface area contributed by atoms with Gasteiger partial charge in [0, 0.05) is 16.5 Å². The number of thiazole rings is 1. The van der Waals surface area contributed by atoms with Gasteiger partial charge >= 0.3 is 5.97 Å². The second-order valence-electron chi connectivity index (χ2n) is 4.96. The smallest absolute Gasteiger partial charge is 0.355 e. The molecule has 1 heterocycles. The van der Waals surface area contributed by atoms with Crippen LogP contribution >= 0.6 is 11.3 Å². The highest BCUT2D eigenvalue weighted by molar-refractivity contribution is 7.88. The van der Waals surface area contributed by atoms with Crippen molar-refractivity contribution < 1.29 is 18.3 Å². The van der Waals surface area contributed by atoms with Gasteiger partial charge in [0.05, 0.1) is 6.26 Å². The van der Waals surface area contributed by atoms with Crippen LogP contribution in [0.5, 0.6) is 0 Å². The molecule has 2 aromatic rings. The average molecular weight is 340 g/mol. The van der Waals surface area contributed by atoms with Gasteiger partial charge in [-0.25, -0.2) is 22.9 Å². The van der Waals surface area contributed by atoms with Gasteiger partial charge in [0.15, 0.2) is 5.69 Å². The monoisotopic (exact) mass is 340 g/mol. The number of nitrogens with zero attached hydrogens (tertiary/aromatic N) is 1. The Bertz CT molecular complexity index is 795. The van der Waals surface area contributed by atoms with E-state index in [4.69, 9.17) is 5.11 Å². The van der Waals surface area contributed by atoms with Gasteiger partial charge in [-0.1, -0.05) is 24.3 Å². The fraction of sp³-hybridized carbons (Fsp3) is 0.286. The van der Waals surface area contributed by atoms with E-state index in [-0.39, 0.29) is 11.7 Å². The molecular formula is C14H16N2O4S2. The number of carboxylic acid groups (broad SMARTS) is 1. The van der Waals surface area contributed by atoms with Crippen LogP contribution in [0.15, 0.2) is 24.3 Å². The summed E-state index contributed by atoms with van der Waals surface area (Å²) in [5.74, 6) is -1.04. The zero-order valence-corrected chi connectivity index (χ0v) is 14.0. The standard InChI is InChI=1S/C14H16N2O4S2/c1-8(16-22(3,19)20)10-4-6-11(7-5-10)13-15-12(14(17)18)9(2)21-13/h4-8,16H,1-3H3,(H,17,18)/t8-/m0/s1. The summed E-state index contributed by atoms with van der Waals surface area (Å²) in [7, 11) is -3.27. The number of sulfonamides is 1. The summed E-state index contributed by atoms with van der Waals surface area (Å²) < 4.78 is 25.0. The molecule has 0 aliphatic heterocycles. The van der Waals surface area contributed by atoms with Gasteiger partial charge in [-0.2, -0.15) is 0 Å². The van der Waals surface area contributed by atoms with Crippen molar-refractivity contribution in [3.63, 3.8) is 0 Å². The highest BCUT2D eigenvalue weighted by Gasteiger charge is 2.16. The predicted molar refractivity (Wildman–Crippen MR) is 85.6 cm³/mol. The maximum atomic E-state index is 11.2. The van der Waals surface area contributed by atoms with Gasteiger partial charge in [-0.05, 0) is 19.4 Å². The van der Waals surface area contributed by atoms with E-state index < -0.39 is 16.0 Å².